The maximum Gasteiger partial charge on any atom is 0.246 e. The van der Waals surface area contributed by atoms with Crippen molar-refractivity contribution in [2.45, 2.75) is 30.3 Å². The van der Waals surface area contributed by atoms with Crippen LogP contribution in [0.4, 0.5) is 0 Å². The highest BCUT2D eigenvalue weighted by Gasteiger charge is 2.22. The van der Waals surface area contributed by atoms with Gasteiger partial charge in [0, 0.05) is 24.1 Å². The quantitative estimate of drug-likeness (QED) is 0.690. The second-order valence-electron chi connectivity index (χ2n) is 3.66. The van der Waals surface area contributed by atoms with Crippen LogP contribution in [0, 0.1) is 0 Å². The molecular weight excluding hydrogens is 200 g/mol. The van der Waals surface area contributed by atoms with E-state index in [1.807, 2.05) is 0 Å². The van der Waals surface area contributed by atoms with Gasteiger partial charge in [0.15, 0.2) is 0 Å². The van der Waals surface area contributed by atoms with Crippen molar-refractivity contribution in [2.75, 3.05) is 6.26 Å². The van der Waals surface area contributed by atoms with E-state index in [9.17, 15) is 8.42 Å². The number of aromatic nitrogens is 2. The van der Waals surface area contributed by atoms with Crippen LogP contribution in [-0.4, -0.2) is 24.6 Å². The zero-order valence-electron chi connectivity index (χ0n) is 7.97. The third kappa shape index (κ3) is 1.77. The number of rotatable bonds is 2. The van der Waals surface area contributed by atoms with Gasteiger partial charge >= 0.3 is 0 Å². The largest absolute Gasteiger partial charge is 0.246 e. The molecule has 0 saturated heterocycles. The second kappa shape index (κ2) is 3.31. The van der Waals surface area contributed by atoms with E-state index in [0.717, 1.165) is 24.8 Å². The maximum absolute atomic E-state index is 11.2. The number of hydrogen-bond donors (Lipinski definition) is 0. The van der Waals surface area contributed by atoms with Crippen LogP contribution < -0.4 is 0 Å². The summed E-state index contributed by atoms with van der Waals surface area (Å²) in [6.07, 6.45) is 6.09. The highest BCUT2D eigenvalue weighted by atomic mass is 32.2. The summed E-state index contributed by atoms with van der Waals surface area (Å²) in [5.41, 5.74) is 0.867. The summed E-state index contributed by atoms with van der Waals surface area (Å²) in [4.78, 5) is 7.82. The maximum atomic E-state index is 11.2. The van der Waals surface area contributed by atoms with Crippen LogP contribution in [-0.2, 0) is 9.84 Å². The van der Waals surface area contributed by atoms with Crippen molar-refractivity contribution >= 4 is 9.84 Å². The molecule has 5 heteroatoms. The van der Waals surface area contributed by atoms with E-state index in [-0.39, 0.29) is 5.16 Å². The van der Waals surface area contributed by atoms with Crippen LogP contribution in [0.5, 0.6) is 0 Å². The van der Waals surface area contributed by atoms with Crippen LogP contribution >= 0.6 is 0 Å². The first-order chi connectivity index (χ1) is 6.57. The van der Waals surface area contributed by atoms with E-state index in [2.05, 4.69) is 9.97 Å². The van der Waals surface area contributed by atoms with E-state index in [4.69, 9.17) is 0 Å². The molecule has 1 saturated carbocycles. The molecule has 1 heterocycles. The van der Waals surface area contributed by atoms with Crippen molar-refractivity contribution in [3.8, 4) is 0 Å². The van der Waals surface area contributed by atoms with E-state index in [1.165, 1.54) is 12.6 Å². The van der Waals surface area contributed by atoms with Gasteiger partial charge in [-0.05, 0) is 18.9 Å². The van der Waals surface area contributed by atoms with Crippen molar-refractivity contribution in [1.82, 2.24) is 9.97 Å². The van der Waals surface area contributed by atoms with Gasteiger partial charge in [-0.2, -0.15) is 0 Å². The van der Waals surface area contributed by atoms with E-state index in [1.54, 1.807) is 6.07 Å². The Hall–Kier alpha value is -0.970. The van der Waals surface area contributed by atoms with E-state index in [0.29, 0.717) is 5.92 Å². The summed E-state index contributed by atoms with van der Waals surface area (Å²) in [5, 5.41) is -0.0538. The molecule has 0 atom stereocenters. The van der Waals surface area contributed by atoms with Gasteiger partial charge in [-0.1, -0.05) is 6.42 Å². The van der Waals surface area contributed by atoms with E-state index < -0.39 is 9.84 Å². The molecule has 0 amide bonds. The van der Waals surface area contributed by atoms with Crippen LogP contribution in [0.25, 0.3) is 0 Å². The van der Waals surface area contributed by atoms with Gasteiger partial charge in [0.25, 0.3) is 0 Å². The van der Waals surface area contributed by atoms with Gasteiger partial charge in [-0.25, -0.2) is 18.4 Å². The fourth-order valence-corrected chi connectivity index (χ4v) is 1.99. The number of nitrogens with zero attached hydrogens (tertiary/aromatic N) is 2. The molecule has 14 heavy (non-hydrogen) atoms. The summed E-state index contributed by atoms with van der Waals surface area (Å²) >= 11 is 0. The first-order valence-corrected chi connectivity index (χ1v) is 6.49. The lowest BCUT2D eigenvalue weighted by atomic mass is 9.83. The Morgan fingerprint density at radius 2 is 2.14 bits per heavy atom. The summed E-state index contributed by atoms with van der Waals surface area (Å²) in [5.74, 6) is 0.443. The monoisotopic (exact) mass is 212 g/mol. The Bertz CT molecular complexity index is 438. The molecule has 1 aliphatic carbocycles. The molecule has 0 bridgehead atoms. The van der Waals surface area contributed by atoms with Crippen molar-refractivity contribution in [2.24, 2.45) is 0 Å². The van der Waals surface area contributed by atoms with Crippen LogP contribution in [0.1, 0.15) is 30.9 Å². The minimum atomic E-state index is -3.27. The highest BCUT2D eigenvalue weighted by Crippen LogP contribution is 2.35. The van der Waals surface area contributed by atoms with Gasteiger partial charge in [0.2, 0.25) is 15.0 Å². The van der Waals surface area contributed by atoms with Gasteiger partial charge < -0.3 is 0 Å². The van der Waals surface area contributed by atoms with Crippen molar-refractivity contribution in [3.63, 3.8) is 0 Å². The second-order valence-corrected chi connectivity index (χ2v) is 5.57. The Morgan fingerprint density at radius 3 is 2.64 bits per heavy atom. The Balaban J connectivity index is 2.36. The Morgan fingerprint density at radius 1 is 1.43 bits per heavy atom. The zero-order valence-corrected chi connectivity index (χ0v) is 8.79. The fraction of sp³-hybridized carbons (Fsp3) is 0.556. The summed E-state index contributed by atoms with van der Waals surface area (Å²) < 4.78 is 22.4. The smallest absolute Gasteiger partial charge is 0.227 e. The first-order valence-electron chi connectivity index (χ1n) is 4.60. The zero-order chi connectivity index (χ0) is 10.2. The number of sulfone groups is 1. The van der Waals surface area contributed by atoms with Gasteiger partial charge in [-0.3, -0.25) is 0 Å². The lowest BCUT2D eigenvalue weighted by Gasteiger charge is -2.24. The summed E-state index contributed by atoms with van der Waals surface area (Å²) in [7, 11) is -3.27. The molecule has 1 aromatic heterocycles. The molecule has 0 radical (unpaired) electrons. The lowest BCUT2D eigenvalue weighted by Crippen LogP contribution is -2.13. The van der Waals surface area contributed by atoms with Gasteiger partial charge in [-0.15, -0.1) is 0 Å². The average Bonchev–Trinajstić information content (AvgIpc) is 2.00. The summed E-state index contributed by atoms with van der Waals surface area (Å²) in [6.45, 7) is 0. The van der Waals surface area contributed by atoms with Crippen molar-refractivity contribution < 1.29 is 8.42 Å². The third-order valence-corrected chi connectivity index (χ3v) is 3.37. The van der Waals surface area contributed by atoms with Gasteiger partial charge in [0.05, 0.1) is 0 Å². The number of hydrogen-bond acceptors (Lipinski definition) is 4. The topological polar surface area (TPSA) is 59.9 Å². The van der Waals surface area contributed by atoms with Crippen LogP contribution in [0.15, 0.2) is 17.4 Å². The third-order valence-electron chi connectivity index (χ3n) is 2.51. The lowest BCUT2D eigenvalue weighted by molar-refractivity contribution is 0.407. The van der Waals surface area contributed by atoms with E-state index >= 15 is 0 Å². The minimum Gasteiger partial charge on any atom is -0.227 e. The fourth-order valence-electron chi connectivity index (χ4n) is 1.46. The van der Waals surface area contributed by atoms with Crippen LogP contribution in [0.3, 0.4) is 0 Å². The predicted molar refractivity (Wildman–Crippen MR) is 51.7 cm³/mol. The Labute approximate surface area is 83.3 Å². The molecule has 0 unspecified atom stereocenters. The van der Waals surface area contributed by atoms with Gasteiger partial charge in [0.1, 0.15) is 0 Å². The molecular formula is C9H12N2O2S. The summed E-state index contributed by atoms with van der Waals surface area (Å²) in [6, 6.07) is 1.80. The minimum absolute atomic E-state index is 0.0538. The molecule has 0 aromatic carbocycles. The molecule has 2 rings (SSSR count). The molecule has 1 fully saturated rings. The molecule has 1 aliphatic rings. The average molecular weight is 212 g/mol. The molecule has 1 aromatic rings. The first kappa shape index (κ1) is 9.58. The molecule has 0 N–H and O–H groups in total. The van der Waals surface area contributed by atoms with Crippen LogP contribution in [0.2, 0.25) is 0 Å². The highest BCUT2D eigenvalue weighted by molar-refractivity contribution is 7.90. The standard InChI is InChI=1S/C9H12N2O2S/c1-14(12,13)9-10-6-5-8(11-9)7-3-2-4-7/h5-7H,2-4H2,1H3. The van der Waals surface area contributed by atoms with Crippen molar-refractivity contribution in [3.05, 3.63) is 18.0 Å². The molecule has 0 spiro atoms. The van der Waals surface area contributed by atoms with Crippen molar-refractivity contribution in [1.29, 1.82) is 0 Å². The molecule has 76 valence electrons. The predicted octanol–water partition coefficient (Wildman–Crippen LogP) is 1.15. The Kier molecular flexibility index (Phi) is 2.26. The molecule has 4 nitrogen and oxygen atoms in total. The SMILES string of the molecule is CS(=O)(=O)c1nccc(C2CCC2)n1. The molecule has 0 aliphatic heterocycles. The normalized spacial score (nSPS) is 17.8.